The third-order valence-corrected chi connectivity index (χ3v) is 5.62. The van der Waals surface area contributed by atoms with Gasteiger partial charge in [-0.25, -0.2) is 4.39 Å². The van der Waals surface area contributed by atoms with Gasteiger partial charge in [0.05, 0.1) is 0 Å². The topological polar surface area (TPSA) is 66.6 Å². The third-order valence-electron chi connectivity index (χ3n) is 3.43. The smallest absolute Gasteiger partial charge is 0.281 e. The SMILES string of the molecule is CN(Cc1c(F)cccc1Cl)S(=O)(=O)N(C)CC(C)(C)CN.Cl. The fourth-order valence-corrected chi connectivity index (χ4v) is 3.48. The predicted octanol–water partition coefficient (Wildman–Crippen LogP) is 2.49. The zero-order valence-corrected chi connectivity index (χ0v) is 16.1. The molecule has 0 radical (unpaired) electrons. The van der Waals surface area contributed by atoms with Crippen LogP contribution in [0.4, 0.5) is 4.39 Å². The van der Waals surface area contributed by atoms with Gasteiger partial charge >= 0.3 is 0 Å². The molecule has 23 heavy (non-hydrogen) atoms. The van der Waals surface area contributed by atoms with Gasteiger partial charge in [0.2, 0.25) is 0 Å². The average molecular weight is 388 g/mol. The Hall–Kier alpha value is -0.440. The van der Waals surface area contributed by atoms with Crippen molar-refractivity contribution in [3.63, 3.8) is 0 Å². The molecular formula is C14H24Cl2FN3O2S. The highest BCUT2D eigenvalue weighted by molar-refractivity contribution is 7.86. The first kappa shape index (κ1) is 22.6. The van der Waals surface area contributed by atoms with E-state index in [-0.39, 0.29) is 41.5 Å². The van der Waals surface area contributed by atoms with Gasteiger partial charge in [-0.05, 0) is 24.1 Å². The first-order valence-electron chi connectivity index (χ1n) is 6.82. The van der Waals surface area contributed by atoms with Crippen molar-refractivity contribution in [2.24, 2.45) is 11.1 Å². The molecule has 2 N–H and O–H groups in total. The Kier molecular flexibility index (Phi) is 8.43. The van der Waals surface area contributed by atoms with Gasteiger partial charge in [0.25, 0.3) is 10.2 Å². The maximum absolute atomic E-state index is 13.8. The molecule has 0 atom stereocenters. The summed E-state index contributed by atoms with van der Waals surface area (Å²) in [5.41, 5.74) is 5.44. The lowest BCUT2D eigenvalue weighted by Crippen LogP contribution is -2.45. The quantitative estimate of drug-likeness (QED) is 0.781. The van der Waals surface area contributed by atoms with E-state index in [1.165, 1.54) is 36.6 Å². The second kappa shape index (κ2) is 8.60. The highest BCUT2D eigenvalue weighted by Gasteiger charge is 2.29. The molecular weight excluding hydrogens is 364 g/mol. The lowest BCUT2D eigenvalue weighted by atomic mass is 9.94. The molecule has 0 heterocycles. The van der Waals surface area contributed by atoms with E-state index in [2.05, 4.69) is 0 Å². The molecule has 1 rings (SSSR count). The number of hydrogen-bond donors (Lipinski definition) is 1. The monoisotopic (exact) mass is 387 g/mol. The van der Waals surface area contributed by atoms with Gasteiger partial charge in [-0.2, -0.15) is 17.0 Å². The van der Waals surface area contributed by atoms with Crippen molar-refractivity contribution in [2.75, 3.05) is 27.2 Å². The molecule has 0 aliphatic carbocycles. The maximum atomic E-state index is 13.8. The van der Waals surface area contributed by atoms with Gasteiger partial charge in [0, 0.05) is 37.8 Å². The van der Waals surface area contributed by atoms with Gasteiger partial charge in [0.1, 0.15) is 5.82 Å². The molecule has 0 saturated heterocycles. The van der Waals surface area contributed by atoms with Crippen LogP contribution in [0.1, 0.15) is 19.4 Å². The predicted molar refractivity (Wildman–Crippen MR) is 94.5 cm³/mol. The standard InChI is InChI=1S/C14H23ClFN3O2S.ClH/c1-14(2,9-17)10-19(4)22(20,21)18(3)8-11-12(15)6-5-7-13(11)16;/h5-7H,8-10,17H2,1-4H3;1H. The van der Waals surface area contributed by atoms with Crippen LogP contribution in [0.25, 0.3) is 0 Å². The lowest BCUT2D eigenvalue weighted by Gasteiger charge is -2.31. The fraction of sp³-hybridized carbons (Fsp3) is 0.571. The average Bonchev–Trinajstić information content (AvgIpc) is 2.42. The van der Waals surface area contributed by atoms with Crippen LogP contribution in [-0.2, 0) is 16.8 Å². The van der Waals surface area contributed by atoms with Crippen LogP contribution in [0.15, 0.2) is 18.2 Å². The molecule has 5 nitrogen and oxygen atoms in total. The molecule has 0 aliphatic rings. The van der Waals surface area contributed by atoms with Crippen LogP contribution >= 0.6 is 24.0 Å². The Morgan fingerprint density at radius 3 is 2.30 bits per heavy atom. The summed E-state index contributed by atoms with van der Waals surface area (Å²) < 4.78 is 41.1. The summed E-state index contributed by atoms with van der Waals surface area (Å²) in [6, 6.07) is 4.26. The molecule has 9 heteroatoms. The van der Waals surface area contributed by atoms with E-state index < -0.39 is 16.0 Å². The zero-order valence-electron chi connectivity index (χ0n) is 13.7. The summed E-state index contributed by atoms with van der Waals surface area (Å²) >= 11 is 5.94. The molecule has 0 amide bonds. The third kappa shape index (κ3) is 5.85. The normalized spacial score (nSPS) is 12.6. The Morgan fingerprint density at radius 2 is 1.83 bits per heavy atom. The minimum atomic E-state index is -3.73. The Labute approximate surface area is 149 Å². The lowest BCUT2D eigenvalue weighted by molar-refractivity contribution is 0.277. The van der Waals surface area contributed by atoms with Gasteiger partial charge in [-0.3, -0.25) is 0 Å². The summed E-state index contributed by atoms with van der Waals surface area (Å²) in [7, 11) is -0.857. The van der Waals surface area contributed by atoms with E-state index in [0.29, 0.717) is 6.54 Å². The molecule has 1 aromatic carbocycles. The number of rotatable bonds is 7. The first-order chi connectivity index (χ1) is 10.0. The molecule has 0 saturated carbocycles. The van der Waals surface area contributed by atoms with Gasteiger partial charge < -0.3 is 5.73 Å². The van der Waals surface area contributed by atoms with Crippen molar-refractivity contribution < 1.29 is 12.8 Å². The molecule has 0 fully saturated rings. The van der Waals surface area contributed by atoms with Crippen molar-refractivity contribution in [3.05, 3.63) is 34.6 Å². The highest BCUT2D eigenvalue weighted by Crippen LogP contribution is 2.23. The van der Waals surface area contributed by atoms with Crippen molar-refractivity contribution in [1.29, 1.82) is 0 Å². The highest BCUT2D eigenvalue weighted by atomic mass is 35.5. The molecule has 0 bridgehead atoms. The molecule has 0 aliphatic heterocycles. The Balaban J connectivity index is 0.00000484. The van der Waals surface area contributed by atoms with Crippen molar-refractivity contribution in [1.82, 2.24) is 8.61 Å². The molecule has 134 valence electrons. The molecule has 0 spiro atoms. The number of benzene rings is 1. The van der Waals surface area contributed by atoms with Crippen LogP contribution in [0, 0.1) is 11.2 Å². The minimum absolute atomic E-state index is 0. The van der Waals surface area contributed by atoms with E-state index in [1.54, 1.807) is 0 Å². The van der Waals surface area contributed by atoms with Crippen molar-refractivity contribution >= 4 is 34.2 Å². The number of hydrogen-bond acceptors (Lipinski definition) is 3. The largest absolute Gasteiger partial charge is 0.330 e. The van der Waals surface area contributed by atoms with Gasteiger partial charge in [-0.15, -0.1) is 12.4 Å². The Morgan fingerprint density at radius 1 is 1.26 bits per heavy atom. The summed E-state index contributed by atoms with van der Waals surface area (Å²) in [5.74, 6) is -0.528. The van der Waals surface area contributed by atoms with Crippen LogP contribution in [0.3, 0.4) is 0 Å². The summed E-state index contributed by atoms with van der Waals surface area (Å²) in [5, 5.41) is 0.201. The van der Waals surface area contributed by atoms with Crippen molar-refractivity contribution in [2.45, 2.75) is 20.4 Å². The summed E-state index contributed by atoms with van der Waals surface area (Å²) in [4.78, 5) is 0. The van der Waals surface area contributed by atoms with Crippen LogP contribution < -0.4 is 5.73 Å². The first-order valence-corrected chi connectivity index (χ1v) is 8.59. The maximum Gasteiger partial charge on any atom is 0.281 e. The van der Waals surface area contributed by atoms with Crippen LogP contribution in [-0.4, -0.2) is 44.2 Å². The van der Waals surface area contributed by atoms with Gasteiger partial charge in [-0.1, -0.05) is 31.5 Å². The van der Waals surface area contributed by atoms with E-state index in [0.717, 1.165) is 4.31 Å². The summed E-state index contributed by atoms with van der Waals surface area (Å²) in [6.07, 6.45) is 0. The second-order valence-corrected chi connectivity index (χ2v) is 8.64. The number of nitrogens with two attached hydrogens (primary N) is 1. The van der Waals surface area contributed by atoms with E-state index in [9.17, 15) is 12.8 Å². The number of halogens is 3. The number of nitrogens with zero attached hydrogens (tertiary/aromatic N) is 2. The second-order valence-electron chi connectivity index (χ2n) is 6.09. The Bertz CT molecular complexity index is 606. The molecule has 1 aromatic rings. The molecule has 0 aromatic heterocycles. The zero-order chi connectivity index (χ0) is 17.1. The summed E-state index contributed by atoms with van der Waals surface area (Å²) in [6.45, 7) is 4.25. The van der Waals surface area contributed by atoms with Gasteiger partial charge in [0.15, 0.2) is 0 Å². The van der Waals surface area contributed by atoms with Crippen LogP contribution in [0.5, 0.6) is 0 Å². The fourth-order valence-electron chi connectivity index (χ4n) is 1.97. The van der Waals surface area contributed by atoms with Crippen molar-refractivity contribution in [3.8, 4) is 0 Å². The van der Waals surface area contributed by atoms with E-state index >= 15 is 0 Å². The molecule has 0 unspecified atom stereocenters. The van der Waals surface area contributed by atoms with E-state index in [4.69, 9.17) is 17.3 Å². The minimum Gasteiger partial charge on any atom is -0.330 e. The van der Waals surface area contributed by atoms with E-state index in [1.807, 2.05) is 13.8 Å². The van der Waals surface area contributed by atoms with Crippen LogP contribution in [0.2, 0.25) is 5.02 Å².